The molecule has 0 aromatic heterocycles. The molecule has 18 heteroatoms. The van der Waals surface area contributed by atoms with E-state index in [0.717, 1.165) is 11.1 Å². The molecule has 0 radical (unpaired) electrons. The lowest BCUT2D eigenvalue weighted by molar-refractivity contribution is -0.187. The molecule has 1 spiro atoms. The number of aliphatic hydroxyl groups excluding tert-OH is 2. The summed E-state index contributed by atoms with van der Waals surface area (Å²) in [5.41, 5.74) is -0.808. The quantitative estimate of drug-likeness (QED) is 0.0980. The smallest absolute Gasteiger partial charge is 0.348 e. The van der Waals surface area contributed by atoms with Crippen LogP contribution in [0.1, 0.15) is 36.8 Å². The first-order valence-electron chi connectivity index (χ1n) is 14.7. The van der Waals surface area contributed by atoms with Gasteiger partial charge in [0.25, 0.3) is 0 Å². The van der Waals surface area contributed by atoms with E-state index < -0.39 is 90.2 Å². The van der Waals surface area contributed by atoms with Crippen molar-refractivity contribution < 1.29 is 83.1 Å². The van der Waals surface area contributed by atoms with Crippen LogP contribution in [0.4, 0.5) is 0 Å². The SMILES string of the molecule is COc1ccc2c3c1O[C@@H]1C(OC(=O)C[C@H](OC(=O)[C@H](O)[C@@H](O)C(=O)O)C(=O)O[C@H](CC(=O)O)C(=O)O)=CC[C@]4(O)[C@H](C2)N(C)CC[C@@]314. The van der Waals surface area contributed by atoms with E-state index in [2.05, 4.69) is 4.74 Å². The van der Waals surface area contributed by atoms with Crippen molar-refractivity contribution in [1.29, 1.82) is 0 Å². The molecule has 260 valence electrons. The summed E-state index contributed by atoms with van der Waals surface area (Å²) in [7, 11) is 3.34. The van der Waals surface area contributed by atoms with E-state index in [1.807, 2.05) is 18.0 Å². The van der Waals surface area contributed by atoms with Crippen LogP contribution in [-0.4, -0.2) is 134 Å². The van der Waals surface area contributed by atoms with Crippen molar-refractivity contribution in [3.05, 3.63) is 35.1 Å². The Kier molecular flexibility index (Phi) is 9.13. The minimum Gasteiger partial charge on any atom is -0.493 e. The zero-order chi connectivity index (χ0) is 35.3. The second kappa shape index (κ2) is 12.7. The maximum Gasteiger partial charge on any atom is 0.348 e. The van der Waals surface area contributed by atoms with Gasteiger partial charge in [-0.25, -0.2) is 19.2 Å². The molecule has 1 saturated heterocycles. The van der Waals surface area contributed by atoms with Crippen molar-refractivity contribution in [2.75, 3.05) is 20.7 Å². The highest BCUT2D eigenvalue weighted by Gasteiger charge is 2.72. The number of aliphatic carboxylic acids is 3. The van der Waals surface area contributed by atoms with E-state index in [1.54, 1.807) is 6.07 Å². The monoisotopic (exact) mass is 679 g/mol. The predicted octanol–water partition coefficient (Wildman–Crippen LogP) is -1.90. The van der Waals surface area contributed by atoms with Crippen molar-refractivity contribution >= 4 is 35.8 Å². The minimum atomic E-state index is -2.75. The van der Waals surface area contributed by atoms with Gasteiger partial charge in [0.15, 0.2) is 29.8 Å². The number of carboxylic acids is 3. The molecule has 0 amide bonds. The molecule has 2 bridgehead atoms. The standard InChI is InChI=1S/C30H33NO17/c1-31-8-7-29-20-12-3-4-13(44-2)23(20)48-24(29)14(5-6-30(29,43)17(31)9-12)45-19(34)11-16(47-28(42)22(36)21(35)26(39)40)27(41)46-15(25(37)38)10-18(32)33/h3-5,15-17,21-22,24,35-36,43H,6-11H2,1-2H3,(H,32,33)(H,37,38)(H,39,40)/t15-,16+,17+,21-,22-,24-,29-,30+/m1/s1. The Hall–Kier alpha value is -4.78. The summed E-state index contributed by atoms with van der Waals surface area (Å²) in [6.45, 7) is 0.555. The number of benzene rings is 1. The van der Waals surface area contributed by atoms with Gasteiger partial charge >= 0.3 is 35.8 Å². The Balaban J connectivity index is 1.43. The molecule has 1 aromatic carbocycles. The van der Waals surface area contributed by atoms with E-state index in [1.165, 1.54) is 13.2 Å². The Morgan fingerprint density at radius 3 is 2.29 bits per heavy atom. The van der Waals surface area contributed by atoms with Gasteiger partial charge in [-0.1, -0.05) is 6.07 Å². The Labute approximate surface area is 271 Å². The topological polar surface area (TPSA) is 273 Å². The molecule has 0 unspecified atom stereocenters. The van der Waals surface area contributed by atoms with Crippen LogP contribution in [0.15, 0.2) is 24.0 Å². The molecular weight excluding hydrogens is 646 g/mol. The third kappa shape index (κ3) is 5.59. The second-order valence-electron chi connectivity index (χ2n) is 12.0. The molecule has 18 nitrogen and oxygen atoms in total. The molecule has 2 aliphatic carbocycles. The molecule has 2 aliphatic heterocycles. The number of carbonyl (C=O) groups is 6. The summed E-state index contributed by atoms with van der Waals surface area (Å²) < 4.78 is 26.9. The molecule has 0 saturated carbocycles. The number of nitrogens with zero attached hydrogens (tertiary/aromatic N) is 1. The number of likely N-dealkylation sites (N-methyl/N-ethyl adjacent to an activating group) is 1. The highest BCUT2D eigenvalue weighted by Crippen LogP contribution is 2.65. The highest BCUT2D eigenvalue weighted by molar-refractivity contribution is 5.90. The fraction of sp³-hybridized carbons (Fsp3) is 0.533. The zero-order valence-electron chi connectivity index (χ0n) is 25.6. The average molecular weight is 680 g/mol. The minimum absolute atomic E-state index is 0.0236. The second-order valence-corrected chi connectivity index (χ2v) is 12.0. The first kappa shape index (κ1) is 34.6. The van der Waals surface area contributed by atoms with Crippen molar-refractivity contribution in [2.24, 2.45) is 0 Å². The van der Waals surface area contributed by atoms with Gasteiger partial charge < -0.3 is 59.2 Å². The molecule has 2 heterocycles. The van der Waals surface area contributed by atoms with E-state index in [9.17, 15) is 49.2 Å². The number of methoxy groups -OCH3 is 1. The van der Waals surface area contributed by atoms with Crippen LogP contribution in [0.25, 0.3) is 0 Å². The predicted molar refractivity (Wildman–Crippen MR) is 151 cm³/mol. The first-order valence-corrected chi connectivity index (χ1v) is 14.7. The molecule has 6 N–H and O–H groups in total. The van der Waals surface area contributed by atoms with Crippen molar-refractivity contribution in [2.45, 2.75) is 79.7 Å². The Bertz CT molecular complexity index is 1590. The largest absolute Gasteiger partial charge is 0.493 e. The maximum atomic E-state index is 13.3. The van der Waals surface area contributed by atoms with Gasteiger partial charge in [-0.2, -0.15) is 0 Å². The lowest BCUT2D eigenvalue weighted by atomic mass is 9.50. The van der Waals surface area contributed by atoms with Crippen LogP contribution in [0, 0.1) is 0 Å². The van der Waals surface area contributed by atoms with Crippen LogP contribution in [0.5, 0.6) is 11.5 Å². The number of ether oxygens (including phenoxy) is 5. The van der Waals surface area contributed by atoms with Crippen LogP contribution in [0.2, 0.25) is 0 Å². The van der Waals surface area contributed by atoms with E-state index >= 15 is 0 Å². The van der Waals surface area contributed by atoms with Gasteiger partial charge in [0.2, 0.25) is 12.2 Å². The summed E-state index contributed by atoms with van der Waals surface area (Å²) in [6, 6.07) is 3.29. The molecule has 4 aliphatic rings. The van der Waals surface area contributed by atoms with Gasteiger partial charge in [-0.15, -0.1) is 0 Å². The summed E-state index contributed by atoms with van der Waals surface area (Å²) in [4.78, 5) is 74.3. The molecule has 5 rings (SSSR count). The number of piperidine rings is 1. The average Bonchev–Trinajstić information content (AvgIpc) is 3.38. The van der Waals surface area contributed by atoms with Gasteiger partial charge in [0, 0.05) is 18.0 Å². The summed E-state index contributed by atoms with van der Waals surface area (Å²) in [5.74, 6) is -9.85. The molecule has 1 fully saturated rings. The summed E-state index contributed by atoms with van der Waals surface area (Å²) in [6.07, 6.45) is -11.2. The molecular formula is C30H33NO17. The van der Waals surface area contributed by atoms with E-state index in [-0.39, 0.29) is 18.2 Å². The van der Waals surface area contributed by atoms with E-state index in [4.69, 9.17) is 29.2 Å². The third-order valence-corrected chi connectivity index (χ3v) is 9.35. The van der Waals surface area contributed by atoms with Crippen molar-refractivity contribution in [1.82, 2.24) is 4.90 Å². The molecule has 48 heavy (non-hydrogen) atoms. The number of carbonyl (C=O) groups excluding carboxylic acids is 3. The first-order chi connectivity index (χ1) is 22.5. The number of rotatable bonds is 13. The third-order valence-electron chi connectivity index (χ3n) is 9.35. The number of likely N-dealkylation sites (tertiary alicyclic amines) is 1. The number of carboxylic acid groups (broad SMARTS) is 3. The lowest BCUT2D eigenvalue weighted by Crippen LogP contribution is -2.74. The lowest BCUT2D eigenvalue weighted by Gasteiger charge is -2.61. The Morgan fingerprint density at radius 1 is 0.979 bits per heavy atom. The number of hydrogen-bond donors (Lipinski definition) is 6. The molecule has 8 atom stereocenters. The number of aliphatic hydroxyl groups is 3. The van der Waals surface area contributed by atoms with Gasteiger partial charge in [0.05, 0.1) is 31.0 Å². The van der Waals surface area contributed by atoms with Gasteiger partial charge in [-0.3, -0.25) is 9.59 Å². The van der Waals surface area contributed by atoms with Crippen LogP contribution >= 0.6 is 0 Å². The summed E-state index contributed by atoms with van der Waals surface area (Å²) >= 11 is 0. The maximum absolute atomic E-state index is 13.3. The van der Waals surface area contributed by atoms with Crippen LogP contribution in [0.3, 0.4) is 0 Å². The highest BCUT2D eigenvalue weighted by atomic mass is 16.6. The fourth-order valence-electron chi connectivity index (χ4n) is 7.11. The molecule has 1 aromatic rings. The Morgan fingerprint density at radius 2 is 1.67 bits per heavy atom. The van der Waals surface area contributed by atoms with E-state index in [0.29, 0.717) is 30.9 Å². The zero-order valence-corrected chi connectivity index (χ0v) is 25.6. The van der Waals surface area contributed by atoms with Gasteiger partial charge in [-0.05, 0) is 44.1 Å². The van der Waals surface area contributed by atoms with Crippen LogP contribution < -0.4 is 9.47 Å². The number of esters is 3. The van der Waals surface area contributed by atoms with Gasteiger partial charge in [0.1, 0.15) is 5.76 Å². The van der Waals surface area contributed by atoms with Crippen LogP contribution in [-0.2, 0) is 54.8 Å². The van der Waals surface area contributed by atoms with Crippen molar-refractivity contribution in [3.63, 3.8) is 0 Å². The summed E-state index contributed by atoms with van der Waals surface area (Å²) in [5, 5.41) is 58.8. The normalized spacial score (nSPS) is 27.5. The number of hydrogen-bond acceptors (Lipinski definition) is 15. The fourth-order valence-corrected chi connectivity index (χ4v) is 7.11. The van der Waals surface area contributed by atoms with Crippen molar-refractivity contribution in [3.8, 4) is 11.5 Å².